The topological polar surface area (TPSA) is 53.4 Å². The van der Waals surface area contributed by atoms with Gasteiger partial charge in [-0.05, 0) is 25.3 Å². The highest BCUT2D eigenvalue weighted by Gasteiger charge is 2.13. The Hall–Kier alpha value is -1.20. The summed E-state index contributed by atoms with van der Waals surface area (Å²) in [6.07, 6.45) is 4.69. The molecule has 1 saturated heterocycles. The molecule has 1 atom stereocenters. The molecule has 0 N–H and O–H groups in total. The molecule has 0 aromatic carbocycles. The SMILES string of the molecule is O=c1cccnn1CCOC1CCCCO1. The van der Waals surface area contributed by atoms with Crippen LogP contribution in [0.2, 0.25) is 0 Å². The summed E-state index contributed by atoms with van der Waals surface area (Å²) in [4.78, 5) is 11.3. The maximum absolute atomic E-state index is 11.3. The summed E-state index contributed by atoms with van der Waals surface area (Å²) in [5, 5.41) is 3.94. The van der Waals surface area contributed by atoms with E-state index in [1.165, 1.54) is 10.7 Å². The molecule has 1 unspecified atom stereocenters. The summed E-state index contributed by atoms with van der Waals surface area (Å²) in [6.45, 7) is 1.70. The summed E-state index contributed by atoms with van der Waals surface area (Å²) in [7, 11) is 0. The monoisotopic (exact) mass is 224 g/mol. The molecule has 0 radical (unpaired) electrons. The molecule has 0 bridgehead atoms. The molecular formula is C11H16N2O3. The van der Waals surface area contributed by atoms with Gasteiger partial charge in [0.2, 0.25) is 0 Å². The molecule has 0 aliphatic carbocycles. The molecule has 88 valence electrons. The van der Waals surface area contributed by atoms with Crippen LogP contribution in [0, 0.1) is 0 Å². The smallest absolute Gasteiger partial charge is 0.266 e. The highest BCUT2D eigenvalue weighted by Crippen LogP contribution is 2.13. The van der Waals surface area contributed by atoms with Crippen molar-refractivity contribution < 1.29 is 9.47 Å². The zero-order valence-electron chi connectivity index (χ0n) is 9.17. The van der Waals surface area contributed by atoms with Crippen LogP contribution < -0.4 is 5.56 Å². The number of hydrogen-bond acceptors (Lipinski definition) is 4. The number of rotatable bonds is 4. The zero-order chi connectivity index (χ0) is 11.2. The fourth-order valence-corrected chi connectivity index (χ4v) is 1.67. The van der Waals surface area contributed by atoms with E-state index in [1.807, 2.05) is 0 Å². The number of nitrogens with zero attached hydrogens (tertiary/aromatic N) is 2. The maximum atomic E-state index is 11.3. The molecule has 0 spiro atoms. The first-order valence-electron chi connectivity index (χ1n) is 5.61. The molecule has 2 rings (SSSR count). The van der Waals surface area contributed by atoms with Gasteiger partial charge in [-0.2, -0.15) is 5.10 Å². The van der Waals surface area contributed by atoms with Crippen molar-refractivity contribution in [3.63, 3.8) is 0 Å². The second-order valence-corrected chi connectivity index (χ2v) is 3.75. The minimum Gasteiger partial charge on any atom is -0.353 e. The lowest BCUT2D eigenvalue weighted by molar-refractivity contribution is -0.163. The first-order valence-corrected chi connectivity index (χ1v) is 5.61. The Kier molecular flexibility index (Phi) is 4.07. The second kappa shape index (κ2) is 5.77. The Morgan fingerprint density at radius 3 is 3.25 bits per heavy atom. The maximum Gasteiger partial charge on any atom is 0.266 e. The van der Waals surface area contributed by atoms with Crippen LogP contribution in [0.15, 0.2) is 23.1 Å². The van der Waals surface area contributed by atoms with Crippen LogP contribution in [0.5, 0.6) is 0 Å². The lowest BCUT2D eigenvalue weighted by atomic mass is 10.2. The number of ether oxygens (including phenoxy) is 2. The van der Waals surface area contributed by atoms with Crippen LogP contribution in [0.25, 0.3) is 0 Å². The quantitative estimate of drug-likeness (QED) is 0.758. The predicted octanol–water partition coefficient (Wildman–Crippen LogP) is 0.786. The predicted molar refractivity (Wildman–Crippen MR) is 58.0 cm³/mol. The van der Waals surface area contributed by atoms with Crippen LogP contribution in [0.1, 0.15) is 19.3 Å². The average Bonchev–Trinajstić information content (AvgIpc) is 2.33. The van der Waals surface area contributed by atoms with Gasteiger partial charge in [0.15, 0.2) is 6.29 Å². The summed E-state index contributed by atoms with van der Waals surface area (Å²) in [6, 6.07) is 3.12. The third-order valence-corrected chi connectivity index (χ3v) is 2.53. The lowest BCUT2D eigenvalue weighted by Crippen LogP contribution is -2.27. The minimum atomic E-state index is -0.104. The summed E-state index contributed by atoms with van der Waals surface area (Å²) in [5.41, 5.74) is -0.101. The van der Waals surface area contributed by atoms with Gasteiger partial charge in [0.05, 0.1) is 13.2 Å². The van der Waals surface area contributed by atoms with Crippen LogP contribution in [-0.4, -0.2) is 29.3 Å². The molecule has 0 saturated carbocycles. The van der Waals surface area contributed by atoms with Gasteiger partial charge in [0.25, 0.3) is 5.56 Å². The molecule has 1 aromatic rings. The van der Waals surface area contributed by atoms with Crippen molar-refractivity contribution in [3.05, 3.63) is 28.7 Å². The van der Waals surface area contributed by atoms with E-state index in [1.54, 1.807) is 12.3 Å². The van der Waals surface area contributed by atoms with Gasteiger partial charge in [-0.25, -0.2) is 4.68 Å². The normalized spacial score (nSPS) is 20.9. The van der Waals surface area contributed by atoms with Crippen molar-refractivity contribution in [2.45, 2.75) is 32.1 Å². The zero-order valence-corrected chi connectivity index (χ0v) is 9.17. The van der Waals surface area contributed by atoms with Crippen LogP contribution in [-0.2, 0) is 16.0 Å². The summed E-state index contributed by atoms with van der Waals surface area (Å²) >= 11 is 0. The second-order valence-electron chi connectivity index (χ2n) is 3.75. The van der Waals surface area contributed by atoms with Crippen LogP contribution in [0.3, 0.4) is 0 Å². The van der Waals surface area contributed by atoms with E-state index >= 15 is 0 Å². The summed E-state index contributed by atoms with van der Waals surface area (Å²) in [5.74, 6) is 0. The van der Waals surface area contributed by atoms with Crippen molar-refractivity contribution in [3.8, 4) is 0 Å². The van der Waals surface area contributed by atoms with Crippen molar-refractivity contribution in [2.24, 2.45) is 0 Å². The van der Waals surface area contributed by atoms with Gasteiger partial charge in [-0.1, -0.05) is 0 Å². The molecule has 5 heteroatoms. The Bertz CT molecular complexity index is 371. The third kappa shape index (κ3) is 3.15. The Balaban J connectivity index is 1.75. The molecule has 1 aromatic heterocycles. The van der Waals surface area contributed by atoms with E-state index in [-0.39, 0.29) is 11.8 Å². The van der Waals surface area contributed by atoms with Gasteiger partial charge in [0, 0.05) is 18.9 Å². The Morgan fingerprint density at radius 1 is 1.56 bits per heavy atom. The van der Waals surface area contributed by atoms with Gasteiger partial charge in [-0.3, -0.25) is 4.79 Å². The fraction of sp³-hybridized carbons (Fsp3) is 0.636. The molecule has 1 aliphatic heterocycles. The first-order chi connectivity index (χ1) is 7.86. The highest BCUT2D eigenvalue weighted by molar-refractivity contribution is 4.84. The van der Waals surface area contributed by atoms with Crippen molar-refractivity contribution in [1.82, 2.24) is 9.78 Å². The van der Waals surface area contributed by atoms with Crippen LogP contribution in [0.4, 0.5) is 0 Å². The molecule has 2 heterocycles. The van der Waals surface area contributed by atoms with E-state index in [4.69, 9.17) is 9.47 Å². The average molecular weight is 224 g/mol. The summed E-state index contributed by atoms with van der Waals surface area (Å²) < 4.78 is 12.3. The molecule has 1 fully saturated rings. The fourth-order valence-electron chi connectivity index (χ4n) is 1.67. The Morgan fingerprint density at radius 2 is 2.50 bits per heavy atom. The Labute approximate surface area is 94.0 Å². The van der Waals surface area contributed by atoms with Crippen molar-refractivity contribution in [2.75, 3.05) is 13.2 Å². The molecule has 1 aliphatic rings. The highest BCUT2D eigenvalue weighted by atomic mass is 16.7. The van der Waals surface area contributed by atoms with Gasteiger partial charge in [-0.15, -0.1) is 0 Å². The number of aromatic nitrogens is 2. The van der Waals surface area contributed by atoms with Crippen molar-refractivity contribution >= 4 is 0 Å². The van der Waals surface area contributed by atoms with E-state index in [0.717, 1.165) is 25.9 Å². The molecule has 0 amide bonds. The van der Waals surface area contributed by atoms with Crippen molar-refractivity contribution in [1.29, 1.82) is 0 Å². The van der Waals surface area contributed by atoms with E-state index in [9.17, 15) is 4.79 Å². The van der Waals surface area contributed by atoms with Gasteiger partial charge in [0.1, 0.15) is 0 Å². The van der Waals surface area contributed by atoms with E-state index < -0.39 is 0 Å². The lowest BCUT2D eigenvalue weighted by Gasteiger charge is -2.22. The van der Waals surface area contributed by atoms with Gasteiger partial charge < -0.3 is 9.47 Å². The van der Waals surface area contributed by atoms with E-state index in [2.05, 4.69) is 5.10 Å². The molecular weight excluding hydrogens is 208 g/mol. The largest absolute Gasteiger partial charge is 0.353 e. The molecule has 16 heavy (non-hydrogen) atoms. The van der Waals surface area contributed by atoms with Crippen LogP contribution >= 0.6 is 0 Å². The number of hydrogen-bond donors (Lipinski definition) is 0. The third-order valence-electron chi connectivity index (χ3n) is 2.53. The minimum absolute atomic E-state index is 0.101. The first kappa shape index (κ1) is 11.3. The standard InChI is InChI=1S/C11H16N2O3/c14-10-4-3-6-12-13(10)7-9-16-11-5-1-2-8-15-11/h3-4,6,11H,1-2,5,7-9H2. The molecule has 5 nitrogen and oxygen atoms in total. The van der Waals surface area contributed by atoms with E-state index in [0.29, 0.717) is 13.2 Å². The van der Waals surface area contributed by atoms with Gasteiger partial charge >= 0.3 is 0 Å².